The van der Waals surface area contributed by atoms with E-state index in [1.54, 1.807) is 18.2 Å². The first-order valence-electron chi connectivity index (χ1n) is 12.4. The van der Waals surface area contributed by atoms with Gasteiger partial charge in [0, 0.05) is 39.3 Å². The number of fused-ring (bicyclic) bond motifs is 1. The summed E-state index contributed by atoms with van der Waals surface area (Å²) in [4.78, 5) is 21.9. The van der Waals surface area contributed by atoms with Gasteiger partial charge in [0.1, 0.15) is 16.5 Å². The van der Waals surface area contributed by atoms with E-state index in [0.717, 1.165) is 0 Å². The number of imidazole rings is 1. The van der Waals surface area contributed by atoms with Crippen molar-refractivity contribution in [3.05, 3.63) is 24.0 Å². The van der Waals surface area contributed by atoms with Crippen LogP contribution in [0.5, 0.6) is 5.75 Å². The predicted molar refractivity (Wildman–Crippen MR) is 142 cm³/mol. The van der Waals surface area contributed by atoms with Gasteiger partial charge in [-0.1, -0.05) is 6.07 Å². The van der Waals surface area contributed by atoms with Crippen LogP contribution >= 0.6 is 11.6 Å². The lowest BCUT2D eigenvalue weighted by atomic mass is 10.1. The Kier molecular flexibility index (Phi) is 8.03. The standard InChI is InChI=1S/C23H29ClF2N8O4S/c1-31(15-6-8-33(9-7-15)39(35,36)14-24)21-28-22(32-10-12-38-13-11-32)30-23(29-21)34-16-4-3-5-17(37-2)18(16)27-20(34)19(25)26/h3-5,15,19H,6-14H2,1-2H3. The Hall–Kier alpha value is -2.88. The Balaban J connectivity index is 1.57. The van der Waals surface area contributed by atoms with Crippen molar-refractivity contribution in [2.45, 2.75) is 25.3 Å². The number of piperidine rings is 1. The summed E-state index contributed by atoms with van der Waals surface area (Å²) in [5.41, 5.74) is 0.642. The number of hydrogen-bond acceptors (Lipinski definition) is 10. The third-order valence-electron chi connectivity index (χ3n) is 7.00. The first kappa shape index (κ1) is 27.7. The number of rotatable bonds is 8. The molecule has 0 saturated carbocycles. The van der Waals surface area contributed by atoms with E-state index in [2.05, 4.69) is 19.9 Å². The molecule has 16 heteroatoms. The van der Waals surface area contributed by atoms with Gasteiger partial charge in [-0.05, 0) is 25.0 Å². The summed E-state index contributed by atoms with van der Waals surface area (Å²) in [6.07, 6.45) is -1.86. The van der Waals surface area contributed by atoms with Crippen LogP contribution < -0.4 is 14.5 Å². The van der Waals surface area contributed by atoms with Gasteiger partial charge >= 0.3 is 0 Å². The van der Waals surface area contributed by atoms with Crippen molar-refractivity contribution in [3.8, 4) is 11.7 Å². The lowest BCUT2D eigenvalue weighted by molar-refractivity contribution is 0.122. The minimum atomic E-state index is -3.50. The minimum absolute atomic E-state index is 0.00143. The fraction of sp³-hybridized carbons (Fsp3) is 0.565. The van der Waals surface area contributed by atoms with Gasteiger partial charge in [-0.25, -0.2) is 26.5 Å². The number of nitrogens with zero attached hydrogens (tertiary/aromatic N) is 8. The maximum absolute atomic E-state index is 14.3. The third-order valence-corrected chi connectivity index (χ3v) is 9.26. The van der Waals surface area contributed by atoms with Crippen molar-refractivity contribution in [3.63, 3.8) is 0 Å². The Morgan fingerprint density at radius 1 is 1.10 bits per heavy atom. The Labute approximate surface area is 229 Å². The number of methoxy groups -OCH3 is 1. The van der Waals surface area contributed by atoms with Crippen LogP contribution in [0.25, 0.3) is 17.0 Å². The molecule has 2 aromatic heterocycles. The van der Waals surface area contributed by atoms with Gasteiger partial charge in [0.05, 0.1) is 25.8 Å². The van der Waals surface area contributed by atoms with E-state index in [-0.39, 0.29) is 23.5 Å². The molecule has 2 aliphatic rings. The minimum Gasteiger partial charge on any atom is -0.494 e. The van der Waals surface area contributed by atoms with Crippen molar-refractivity contribution in [2.24, 2.45) is 0 Å². The van der Waals surface area contributed by atoms with Crippen molar-refractivity contribution >= 4 is 44.6 Å². The van der Waals surface area contributed by atoms with Crippen molar-refractivity contribution in [2.75, 3.05) is 68.6 Å². The molecule has 2 aliphatic heterocycles. The number of anilines is 2. The van der Waals surface area contributed by atoms with Crippen LogP contribution in [0.4, 0.5) is 20.7 Å². The summed E-state index contributed by atoms with van der Waals surface area (Å²) in [6, 6.07) is 4.91. The summed E-state index contributed by atoms with van der Waals surface area (Å²) in [5.74, 6) is 0.456. The summed E-state index contributed by atoms with van der Waals surface area (Å²) in [6.45, 7) is 2.63. The molecule has 12 nitrogen and oxygen atoms in total. The quantitative estimate of drug-likeness (QED) is 0.364. The van der Waals surface area contributed by atoms with Crippen molar-refractivity contribution < 1.29 is 26.7 Å². The highest BCUT2D eigenvalue weighted by Crippen LogP contribution is 2.33. The monoisotopic (exact) mass is 586 g/mol. The number of alkyl halides is 3. The molecule has 39 heavy (non-hydrogen) atoms. The second kappa shape index (κ2) is 11.3. The smallest absolute Gasteiger partial charge is 0.296 e. The average Bonchev–Trinajstić information content (AvgIpc) is 3.37. The van der Waals surface area contributed by atoms with Gasteiger partial charge in [-0.15, -0.1) is 11.6 Å². The summed E-state index contributed by atoms with van der Waals surface area (Å²) < 4.78 is 66.3. The number of morpholine rings is 1. The Morgan fingerprint density at radius 2 is 1.79 bits per heavy atom. The molecule has 0 N–H and O–H groups in total. The summed E-state index contributed by atoms with van der Waals surface area (Å²) in [7, 11) is -0.246. The first-order chi connectivity index (χ1) is 18.7. The molecule has 2 saturated heterocycles. The maximum atomic E-state index is 14.3. The van der Waals surface area contributed by atoms with Gasteiger partial charge in [-0.2, -0.15) is 15.0 Å². The Morgan fingerprint density at radius 3 is 2.44 bits per heavy atom. The van der Waals surface area contributed by atoms with E-state index in [4.69, 9.17) is 21.1 Å². The lowest BCUT2D eigenvalue weighted by Gasteiger charge is -2.36. The number of benzene rings is 1. The normalized spacial score (nSPS) is 17.7. The second-order valence-corrected chi connectivity index (χ2v) is 11.8. The number of sulfonamides is 1. The summed E-state index contributed by atoms with van der Waals surface area (Å²) in [5, 5.41) is -0.469. The molecule has 0 bridgehead atoms. The molecule has 0 aliphatic carbocycles. The van der Waals surface area contributed by atoms with Gasteiger partial charge < -0.3 is 19.3 Å². The van der Waals surface area contributed by atoms with E-state index < -0.39 is 27.5 Å². The van der Waals surface area contributed by atoms with E-state index in [0.29, 0.717) is 69.4 Å². The third kappa shape index (κ3) is 5.44. The molecule has 0 amide bonds. The van der Waals surface area contributed by atoms with Gasteiger partial charge in [0.15, 0.2) is 5.82 Å². The molecule has 0 spiro atoms. The number of aromatic nitrogens is 5. The zero-order valence-corrected chi connectivity index (χ0v) is 23.1. The van der Waals surface area contributed by atoms with E-state index >= 15 is 0 Å². The van der Waals surface area contributed by atoms with Crippen LogP contribution in [0.2, 0.25) is 0 Å². The van der Waals surface area contributed by atoms with Crippen LogP contribution in [0.15, 0.2) is 18.2 Å². The zero-order valence-electron chi connectivity index (χ0n) is 21.5. The van der Waals surface area contributed by atoms with Crippen LogP contribution in [0.3, 0.4) is 0 Å². The molecule has 1 aromatic carbocycles. The number of hydrogen-bond donors (Lipinski definition) is 0. The van der Waals surface area contributed by atoms with Crippen molar-refractivity contribution in [1.82, 2.24) is 28.8 Å². The fourth-order valence-corrected chi connectivity index (χ4v) is 6.18. The Bertz CT molecular complexity index is 1430. The van der Waals surface area contributed by atoms with Gasteiger partial charge in [0.2, 0.25) is 27.9 Å². The molecule has 0 radical (unpaired) electrons. The molecule has 0 atom stereocenters. The molecule has 0 unspecified atom stereocenters. The van der Waals surface area contributed by atoms with Crippen LogP contribution in [0.1, 0.15) is 25.1 Å². The van der Waals surface area contributed by atoms with Crippen molar-refractivity contribution in [1.29, 1.82) is 0 Å². The number of para-hydroxylation sites is 1. The van der Waals surface area contributed by atoms with Crippen LogP contribution in [0, 0.1) is 0 Å². The highest BCUT2D eigenvalue weighted by molar-refractivity contribution is 7.90. The predicted octanol–water partition coefficient (Wildman–Crippen LogP) is 2.42. The molecule has 3 aromatic rings. The zero-order chi connectivity index (χ0) is 27.7. The second-order valence-electron chi connectivity index (χ2n) is 9.23. The molecule has 212 valence electrons. The highest BCUT2D eigenvalue weighted by atomic mass is 35.5. The number of ether oxygens (including phenoxy) is 2. The molecular formula is C23H29ClF2N8O4S. The summed E-state index contributed by atoms with van der Waals surface area (Å²) >= 11 is 5.63. The van der Waals surface area contributed by atoms with E-state index in [1.807, 2.05) is 16.8 Å². The highest BCUT2D eigenvalue weighted by Gasteiger charge is 2.31. The van der Waals surface area contributed by atoms with E-state index in [9.17, 15) is 17.2 Å². The molecule has 2 fully saturated rings. The van der Waals surface area contributed by atoms with Gasteiger partial charge in [0.25, 0.3) is 6.43 Å². The SMILES string of the molecule is COc1cccc2c1nc(C(F)F)n2-c1nc(N2CCOCC2)nc(N(C)C2CCN(S(=O)(=O)CCl)CC2)n1. The maximum Gasteiger partial charge on any atom is 0.296 e. The van der Waals surface area contributed by atoms with Crippen LogP contribution in [-0.2, 0) is 14.8 Å². The first-order valence-corrected chi connectivity index (χ1v) is 14.6. The van der Waals surface area contributed by atoms with Crippen LogP contribution in [-0.4, -0.2) is 102 Å². The molecule has 5 rings (SSSR count). The van der Waals surface area contributed by atoms with Gasteiger partial charge in [-0.3, -0.25) is 4.57 Å². The average molecular weight is 587 g/mol. The molecular weight excluding hydrogens is 558 g/mol. The molecule has 4 heterocycles. The lowest BCUT2D eigenvalue weighted by Crippen LogP contribution is -2.46. The fourth-order valence-electron chi connectivity index (χ4n) is 4.86. The largest absolute Gasteiger partial charge is 0.494 e. The van der Waals surface area contributed by atoms with E-state index in [1.165, 1.54) is 16.0 Å². The topological polar surface area (TPSA) is 119 Å². The number of halogens is 3.